The van der Waals surface area contributed by atoms with E-state index in [1.165, 1.54) is 23.3 Å². The molecule has 4 rings (SSSR count). The number of rotatable bonds is 6. The van der Waals surface area contributed by atoms with Crippen LogP contribution in [0.4, 0.5) is 22.1 Å². The number of nitrogens with zero attached hydrogens (tertiary/aromatic N) is 3. The lowest BCUT2D eigenvalue weighted by Gasteiger charge is -2.11. The van der Waals surface area contributed by atoms with E-state index in [1.54, 1.807) is 34.8 Å². The van der Waals surface area contributed by atoms with E-state index < -0.39 is 0 Å². The van der Waals surface area contributed by atoms with Crippen LogP contribution >= 0.6 is 22.7 Å². The SMILES string of the molecule is CN(C)c1sc(=Nc2ccc(Cc3ccc(N)cc3)cc2)sc1-c1ccc([N+](=O)[O-])cc1. The molecular weight excluding hydrogens is 440 g/mol. The molecule has 162 valence electrons. The fourth-order valence-electron chi connectivity index (χ4n) is 3.20. The third-order valence-corrected chi connectivity index (χ3v) is 7.42. The first-order chi connectivity index (χ1) is 15.4. The first kappa shape index (κ1) is 21.7. The molecule has 32 heavy (non-hydrogen) atoms. The monoisotopic (exact) mass is 462 g/mol. The van der Waals surface area contributed by atoms with Gasteiger partial charge in [-0.2, -0.15) is 0 Å². The number of anilines is 2. The lowest BCUT2D eigenvalue weighted by atomic mass is 10.0. The Bertz CT molecular complexity index is 1290. The molecule has 0 unspecified atom stereocenters. The molecule has 0 amide bonds. The molecule has 0 bridgehead atoms. The van der Waals surface area contributed by atoms with Crippen LogP contribution in [0.5, 0.6) is 0 Å². The van der Waals surface area contributed by atoms with Crippen LogP contribution in [-0.2, 0) is 6.42 Å². The molecule has 0 aliphatic heterocycles. The lowest BCUT2D eigenvalue weighted by molar-refractivity contribution is -0.384. The molecule has 3 aromatic carbocycles. The van der Waals surface area contributed by atoms with Gasteiger partial charge in [-0.3, -0.25) is 10.1 Å². The number of benzene rings is 3. The van der Waals surface area contributed by atoms with Gasteiger partial charge in [0.05, 0.1) is 15.5 Å². The molecular formula is C24H22N4O2S2. The van der Waals surface area contributed by atoms with Gasteiger partial charge in [0.2, 0.25) is 0 Å². The summed E-state index contributed by atoms with van der Waals surface area (Å²) in [5, 5.41) is 12.0. The van der Waals surface area contributed by atoms with E-state index in [9.17, 15) is 10.1 Å². The van der Waals surface area contributed by atoms with E-state index in [-0.39, 0.29) is 10.6 Å². The second kappa shape index (κ2) is 9.33. The van der Waals surface area contributed by atoms with Crippen molar-refractivity contribution < 1.29 is 4.92 Å². The number of nitro groups is 1. The highest BCUT2D eigenvalue weighted by Crippen LogP contribution is 2.37. The minimum atomic E-state index is -0.384. The second-order valence-electron chi connectivity index (χ2n) is 7.50. The van der Waals surface area contributed by atoms with Crippen molar-refractivity contribution in [1.82, 2.24) is 0 Å². The van der Waals surface area contributed by atoms with Gasteiger partial charge in [-0.15, -0.1) is 11.3 Å². The minimum Gasteiger partial charge on any atom is -0.399 e. The molecule has 0 atom stereocenters. The third-order valence-electron chi connectivity index (χ3n) is 4.86. The topological polar surface area (TPSA) is 84.8 Å². The molecule has 0 saturated carbocycles. The van der Waals surface area contributed by atoms with Crippen molar-refractivity contribution in [2.24, 2.45) is 4.99 Å². The highest BCUT2D eigenvalue weighted by Gasteiger charge is 2.14. The highest BCUT2D eigenvalue weighted by atomic mass is 32.2. The summed E-state index contributed by atoms with van der Waals surface area (Å²) in [5.41, 5.74) is 10.9. The van der Waals surface area contributed by atoms with Gasteiger partial charge in [0.25, 0.3) is 5.69 Å². The van der Waals surface area contributed by atoms with Gasteiger partial charge in [0.1, 0.15) is 5.00 Å². The molecule has 0 aliphatic rings. The summed E-state index contributed by atoms with van der Waals surface area (Å²) in [4.78, 5) is 18.5. The fourth-order valence-corrected chi connectivity index (χ4v) is 5.67. The van der Waals surface area contributed by atoms with Crippen molar-refractivity contribution in [1.29, 1.82) is 0 Å². The number of hydrogen-bond acceptors (Lipinski definition) is 7. The van der Waals surface area contributed by atoms with Crippen LogP contribution in [0.25, 0.3) is 10.4 Å². The molecule has 0 saturated heterocycles. The lowest BCUT2D eigenvalue weighted by Crippen LogP contribution is -2.07. The normalized spacial score (nSPS) is 11.5. The van der Waals surface area contributed by atoms with Crippen LogP contribution in [0.1, 0.15) is 11.1 Å². The zero-order valence-electron chi connectivity index (χ0n) is 17.7. The van der Waals surface area contributed by atoms with Gasteiger partial charge < -0.3 is 10.6 Å². The van der Waals surface area contributed by atoms with Gasteiger partial charge in [-0.05, 0) is 59.5 Å². The van der Waals surface area contributed by atoms with E-state index in [1.807, 2.05) is 55.4 Å². The zero-order valence-corrected chi connectivity index (χ0v) is 19.3. The summed E-state index contributed by atoms with van der Waals surface area (Å²) < 4.78 is 0.924. The summed E-state index contributed by atoms with van der Waals surface area (Å²) in [6, 6.07) is 22.8. The highest BCUT2D eigenvalue weighted by molar-refractivity contribution is 7.32. The van der Waals surface area contributed by atoms with Crippen molar-refractivity contribution >= 4 is 44.7 Å². The average Bonchev–Trinajstić information content (AvgIpc) is 3.21. The number of non-ortho nitro benzene ring substituents is 1. The predicted molar refractivity (Wildman–Crippen MR) is 134 cm³/mol. The van der Waals surface area contributed by atoms with E-state index in [0.717, 1.165) is 37.2 Å². The molecule has 2 N–H and O–H groups in total. The van der Waals surface area contributed by atoms with Gasteiger partial charge >= 0.3 is 0 Å². The molecule has 4 aromatic rings. The summed E-state index contributed by atoms with van der Waals surface area (Å²) in [7, 11) is 3.98. The Labute approximate surface area is 194 Å². The minimum absolute atomic E-state index is 0.0874. The predicted octanol–water partition coefficient (Wildman–Crippen LogP) is 5.86. The molecule has 0 radical (unpaired) electrons. The third kappa shape index (κ3) is 5.04. The van der Waals surface area contributed by atoms with Crippen LogP contribution in [0.15, 0.2) is 77.8 Å². The van der Waals surface area contributed by atoms with Crippen LogP contribution < -0.4 is 14.6 Å². The molecule has 0 fully saturated rings. The van der Waals surface area contributed by atoms with E-state index in [2.05, 4.69) is 12.1 Å². The van der Waals surface area contributed by atoms with E-state index >= 15 is 0 Å². The number of hydrogen-bond donors (Lipinski definition) is 1. The zero-order chi connectivity index (χ0) is 22.7. The summed E-state index contributed by atoms with van der Waals surface area (Å²) in [6.07, 6.45) is 0.845. The van der Waals surface area contributed by atoms with E-state index in [4.69, 9.17) is 10.7 Å². The van der Waals surface area contributed by atoms with Gasteiger partial charge in [0.15, 0.2) is 3.98 Å². The molecule has 0 spiro atoms. The summed E-state index contributed by atoms with van der Waals surface area (Å²) >= 11 is 3.19. The second-order valence-corrected chi connectivity index (χ2v) is 9.73. The Morgan fingerprint density at radius 2 is 1.50 bits per heavy atom. The first-order valence-corrected chi connectivity index (χ1v) is 11.6. The van der Waals surface area contributed by atoms with Crippen molar-refractivity contribution in [3.63, 3.8) is 0 Å². The van der Waals surface area contributed by atoms with Crippen molar-refractivity contribution in [2.45, 2.75) is 6.42 Å². The van der Waals surface area contributed by atoms with Gasteiger partial charge in [-0.1, -0.05) is 35.6 Å². The Hall–Kier alpha value is -3.49. The first-order valence-electron chi connectivity index (χ1n) is 9.93. The Morgan fingerprint density at radius 1 is 0.906 bits per heavy atom. The standard InChI is InChI=1S/C24H22N4O2S2/c1-27(2)23-22(18-7-13-21(14-8-18)28(29)30)31-24(32-23)26-20-11-5-17(6-12-20)15-16-3-9-19(25)10-4-16/h3-14H,15,25H2,1-2H3. The van der Waals surface area contributed by atoms with Crippen LogP contribution in [0.2, 0.25) is 0 Å². The van der Waals surface area contributed by atoms with Crippen molar-refractivity contribution in [2.75, 3.05) is 24.7 Å². The van der Waals surface area contributed by atoms with Crippen LogP contribution in [-0.4, -0.2) is 19.0 Å². The Balaban J connectivity index is 1.60. The maximum atomic E-state index is 11.0. The maximum absolute atomic E-state index is 11.0. The average molecular weight is 463 g/mol. The van der Waals surface area contributed by atoms with Gasteiger partial charge in [0, 0.05) is 31.9 Å². The summed E-state index contributed by atoms with van der Waals surface area (Å²) in [5.74, 6) is 0. The van der Waals surface area contributed by atoms with Crippen LogP contribution in [0.3, 0.4) is 0 Å². The molecule has 1 heterocycles. The Kier molecular flexibility index (Phi) is 6.34. The largest absolute Gasteiger partial charge is 0.399 e. The molecule has 0 aliphatic carbocycles. The maximum Gasteiger partial charge on any atom is 0.269 e. The van der Waals surface area contributed by atoms with Crippen LogP contribution in [0, 0.1) is 10.1 Å². The van der Waals surface area contributed by atoms with Gasteiger partial charge in [-0.25, -0.2) is 4.99 Å². The molecule has 1 aromatic heterocycles. The van der Waals surface area contributed by atoms with E-state index in [0.29, 0.717) is 0 Å². The number of nitrogen functional groups attached to an aromatic ring is 1. The fraction of sp³-hybridized carbons (Fsp3) is 0.125. The smallest absolute Gasteiger partial charge is 0.269 e. The number of nitro benzene ring substituents is 1. The molecule has 8 heteroatoms. The number of nitrogens with two attached hydrogens (primary N) is 1. The summed E-state index contributed by atoms with van der Waals surface area (Å²) in [6.45, 7) is 0. The quantitative estimate of drug-likeness (QED) is 0.221. The van der Waals surface area contributed by atoms with Crippen molar-refractivity contribution in [3.8, 4) is 10.4 Å². The van der Waals surface area contributed by atoms with Crippen molar-refractivity contribution in [3.05, 3.63) is 98.0 Å². The Morgan fingerprint density at radius 3 is 2.06 bits per heavy atom. The molecule has 6 nitrogen and oxygen atoms in total.